The molecule has 5 heteroatoms. The Balaban J connectivity index is 2.95. The van der Waals surface area contributed by atoms with Crippen molar-refractivity contribution in [1.29, 1.82) is 5.26 Å². The monoisotopic (exact) mass is 301 g/mol. The van der Waals surface area contributed by atoms with Gasteiger partial charge in [-0.2, -0.15) is 5.26 Å². The number of ether oxygens (including phenoxy) is 1. The highest BCUT2D eigenvalue weighted by molar-refractivity contribution is 9.10. The van der Waals surface area contributed by atoms with E-state index in [9.17, 15) is 4.79 Å². The van der Waals surface area contributed by atoms with E-state index in [2.05, 4.69) is 15.9 Å². The third kappa shape index (κ3) is 3.22. The Hall–Kier alpha value is -1.05. The van der Waals surface area contributed by atoms with Gasteiger partial charge in [0.1, 0.15) is 6.07 Å². The molecule has 0 heterocycles. The molecule has 84 valence electrons. The Kier molecular flexibility index (Phi) is 4.78. The van der Waals surface area contributed by atoms with Crippen molar-refractivity contribution >= 4 is 33.5 Å². The zero-order chi connectivity index (χ0) is 12.1. The van der Waals surface area contributed by atoms with Gasteiger partial charge in [-0.3, -0.25) is 4.79 Å². The van der Waals surface area contributed by atoms with Crippen molar-refractivity contribution in [3.8, 4) is 6.07 Å². The van der Waals surface area contributed by atoms with Gasteiger partial charge in [-0.05, 0) is 40.5 Å². The summed E-state index contributed by atoms with van der Waals surface area (Å²) in [7, 11) is 0. The fourth-order valence-electron chi connectivity index (χ4n) is 1.18. The van der Waals surface area contributed by atoms with Gasteiger partial charge in [0.25, 0.3) is 0 Å². The first-order chi connectivity index (χ1) is 7.58. The molecule has 0 radical (unpaired) electrons. The summed E-state index contributed by atoms with van der Waals surface area (Å²) in [4.78, 5) is 11.3. The van der Waals surface area contributed by atoms with Crippen LogP contribution in [0.25, 0.3) is 0 Å². The van der Waals surface area contributed by atoms with Crippen molar-refractivity contribution in [3.05, 3.63) is 32.8 Å². The highest BCUT2D eigenvalue weighted by Gasteiger charge is 2.11. The summed E-state index contributed by atoms with van der Waals surface area (Å²) in [6.45, 7) is 2.09. The number of benzene rings is 1. The number of hydrogen-bond acceptors (Lipinski definition) is 3. The van der Waals surface area contributed by atoms with Crippen LogP contribution in [-0.4, -0.2) is 12.6 Å². The fourth-order valence-corrected chi connectivity index (χ4v) is 1.89. The van der Waals surface area contributed by atoms with Crippen molar-refractivity contribution in [3.63, 3.8) is 0 Å². The van der Waals surface area contributed by atoms with Crippen LogP contribution in [0.4, 0.5) is 0 Å². The lowest BCUT2D eigenvalue weighted by atomic mass is 10.1. The molecule has 0 N–H and O–H groups in total. The van der Waals surface area contributed by atoms with Gasteiger partial charge in [0.05, 0.1) is 18.6 Å². The smallest absolute Gasteiger partial charge is 0.310 e. The van der Waals surface area contributed by atoms with Crippen molar-refractivity contribution in [2.45, 2.75) is 13.3 Å². The van der Waals surface area contributed by atoms with Gasteiger partial charge in [-0.25, -0.2) is 0 Å². The minimum atomic E-state index is -0.332. The molecule has 0 fully saturated rings. The van der Waals surface area contributed by atoms with Gasteiger partial charge in [-0.1, -0.05) is 11.6 Å². The Morgan fingerprint density at radius 1 is 1.62 bits per heavy atom. The van der Waals surface area contributed by atoms with Crippen molar-refractivity contribution in [2.75, 3.05) is 6.61 Å². The van der Waals surface area contributed by atoms with E-state index < -0.39 is 0 Å². The molecular formula is C11H9BrClNO2. The summed E-state index contributed by atoms with van der Waals surface area (Å²) in [5.74, 6) is -0.332. The standard InChI is InChI=1S/C11H9BrClNO2/c1-2-16-11(15)5-7-3-9(12)8(6-14)4-10(7)13/h3-4H,2,5H2,1H3. The third-order valence-corrected chi connectivity index (χ3v) is 2.90. The molecule has 16 heavy (non-hydrogen) atoms. The van der Waals surface area contributed by atoms with Crippen molar-refractivity contribution in [1.82, 2.24) is 0 Å². The molecular weight excluding hydrogens is 293 g/mol. The van der Waals surface area contributed by atoms with Gasteiger partial charge >= 0.3 is 5.97 Å². The van der Waals surface area contributed by atoms with Crippen LogP contribution < -0.4 is 0 Å². The van der Waals surface area contributed by atoms with Crippen LogP contribution in [0.5, 0.6) is 0 Å². The molecule has 0 spiro atoms. The first-order valence-electron chi connectivity index (χ1n) is 4.62. The molecule has 3 nitrogen and oxygen atoms in total. The first-order valence-corrected chi connectivity index (χ1v) is 5.79. The highest BCUT2D eigenvalue weighted by atomic mass is 79.9. The Morgan fingerprint density at radius 2 is 2.31 bits per heavy atom. The lowest BCUT2D eigenvalue weighted by Crippen LogP contribution is -2.08. The van der Waals surface area contributed by atoms with Crippen LogP contribution in [0.3, 0.4) is 0 Å². The van der Waals surface area contributed by atoms with Crippen LogP contribution >= 0.6 is 27.5 Å². The average molecular weight is 303 g/mol. The van der Waals surface area contributed by atoms with E-state index >= 15 is 0 Å². The number of carbonyl (C=O) groups excluding carboxylic acids is 1. The van der Waals surface area contributed by atoms with Gasteiger partial charge in [0.15, 0.2) is 0 Å². The third-order valence-electron chi connectivity index (χ3n) is 1.90. The lowest BCUT2D eigenvalue weighted by molar-refractivity contribution is -0.142. The minimum Gasteiger partial charge on any atom is -0.466 e. The summed E-state index contributed by atoms with van der Waals surface area (Å²) in [6, 6.07) is 5.19. The summed E-state index contributed by atoms with van der Waals surface area (Å²) in [6.07, 6.45) is 0.108. The van der Waals surface area contributed by atoms with Crippen LogP contribution in [0.1, 0.15) is 18.1 Å². The first kappa shape index (κ1) is 13.0. The maximum atomic E-state index is 11.3. The van der Waals surface area contributed by atoms with Gasteiger partial charge in [-0.15, -0.1) is 0 Å². The van der Waals surface area contributed by atoms with E-state index in [1.165, 1.54) is 6.07 Å². The van der Waals surface area contributed by atoms with Crippen molar-refractivity contribution < 1.29 is 9.53 Å². The van der Waals surface area contributed by atoms with E-state index in [4.69, 9.17) is 21.6 Å². The van der Waals surface area contributed by atoms with Gasteiger partial charge in [0, 0.05) is 9.50 Å². The summed E-state index contributed by atoms with van der Waals surface area (Å²) >= 11 is 9.18. The predicted molar refractivity (Wildman–Crippen MR) is 64.2 cm³/mol. The topological polar surface area (TPSA) is 50.1 Å². The Morgan fingerprint density at radius 3 is 2.88 bits per heavy atom. The van der Waals surface area contributed by atoms with Crippen LogP contribution in [0, 0.1) is 11.3 Å². The molecule has 1 aromatic rings. The normalized spacial score (nSPS) is 9.62. The molecule has 0 bridgehead atoms. The Bertz CT molecular complexity index is 454. The molecule has 1 rings (SSSR count). The average Bonchev–Trinajstić information content (AvgIpc) is 2.23. The zero-order valence-electron chi connectivity index (χ0n) is 8.59. The molecule has 0 saturated heterocycles. The maximum absolute atomic E-state index is 11.3. The molecule has 0 aromatic heterocycles. The molecule has 1 aromatic carbocycles. The fraction of sp³-hybridized carbons (Fsp3) is 0.273. The molecule has 0 atom stereocenters. The summed E-state index contributed by atoms with van der Waals surface area (Å²) in [5.41, 5.74) is 1.09. The van der Waals surface area contributed by atoms with E-state index in [0.29, 0.717) is 27.2 Å². The van der Waals surface area contributed by atoms with E-state index in [1.807, 2.05) is 6.07 Å². The second kappa shape index (κ2) is 5.88. The van der Waals surface area contributed by atoms with E-state index in [0.717, 1.165) is 0 Å². The van der Waals surface area contributed by atoms with E-state index in [-0.39, 0.29) is 12.4 Å². The molecule has 0 saturated carbocycles. The number of nitriles is 1. The van der Waals surface area contributed by atoms with E-state index in [1.54, 1.807) is 13.0 Å². The number of esters is 1. The van der Waals surface area contributed by atoms with Crippen LogP contribution in [-0.2, 0) is 16.0 Å². The highest BCUT2D eigenvalue weighted by Crippen LogP contribution is 2.25. The number of rotatable bonds is 3. The Labute approximate surface area is 107 Å². The molecule has 0 unspecified atom stereocenters. The second-order valence-corrected chi connectivity index (χ2v) is 4.28. The van der Waals surface area contributed by atoms with Gasteiger partial charge < -0.3 is 4.74 Å². The molecule has 0 aliphatic heterocycles. The molecule has 0 aliphatic rings. The SMILES string of the molecule is CCOC(=O)Cc1cc(Br)c(C#N)cc1Cl. The van der Waals surface area contributed by atoms with Crippen LogP contribution in [0.2, 0.25) is 5.02 Å². The largest absolute Gasteiger partial charge is 0.466 e. The summed E-state index contributed by atoms with van der Waals surface area (Å²) in [5, 5.41) is 9.17. The number of carbonyl (C=O) groups is 1. The number of halogens is 2. The zero-order valence-corrected chi connectivity index (χ0v) is 10.9. The quantitative estimate of drug-likeness (QED) is 0.806. The minimum absolute atomic E-state index is 0.108. The molecule has 0 aliphatic carbocycles. The lowest BCUT2D eigenvalue weighted by Gasteiger charge is -2.06. The summed E-state index contributed by atoms with van der Waals surface area (Å²) < 4.78 is 5.44. The maximum Gasteiger partial charge on any atom is 0.310 e. The predicted octanol–water partition coefficient (Wildman–Crippen LogP) is 3.08. The van der Waals surface area contributed by atoms with Gasteiger partial charge in [0.2, 0.25) is 0 Å². The van der Waals surface area contributed by atoms with Crippen molar-refractivity contribution in [2.24, 2.45) is 0 Å². The second-order valence-electron chi connectivity index (χ2n) is 3.02. The number of nitrogens with zero attached hydrogens (tertiary/aromatic N) is 1. The van der Waals surface area contributed by atoms with Crippen LogP contribution in [0.15, 0.2) is 16.6 Å². The molecule has 0 amide bonds. The number of hydrogen-bond donors (Lipinski definition) is 0.